The minimum absolute atomic E-state index is 0.0640. The number of rotatable bonds is 4. The quantitative estimate of drug-likeness (QED) is 0.941. The molecule has 1 heterocycles. The molecule has 0 spiro atoms. The van der Waals surface area contributed by atoms with Gasteiger partial charge in [0.15, 0.2) is 0 Å². The van der Waals surface area contributed by atoms with Gasteiger partial charge in [0.2, 0.25) is 5.91 Å². The third-order valence-electron chi connectivity index (χ3n) is 4.15. The molecule has 1 amide bonds. The average Bonchev–Trinajstić information content (AvgIpc) is 2.59. The van der Waals surface area contributed by atoms with E-state index < -0.39 is 0 Å². The number of hydrogen-bond acceptors (Lipinski definition) is 2. The molecule has 2 aromatic rings. The average molecular weight is 295 g/mol. The Labute approximate surface area is 131 Å². The normalized spacial score (nSPS) is 16.5. The first kappa shape index (κ1) is 14.6. The van der Waals surface area contributed by atoms with E-state index >= 15 is 0 Å². The van der Waals surface area contributed by atoms with Crippen molar-refractivity contribution in [2.24, 2.45) is 5.92 Å². The van der Waals surface area contributed by atoms with Gasteiger partial charge in [-0.2, -0.15) is 0 Å². The van der Waals surface area contributed by atoms with Crippen molar-refractivity contribution in [2.75, 3.05) is 6.61 Å². The molecule has 114 valence electrons. The monoisotopic (exact) mass is 295 g/mol. The number of nitrogens with one attached hydrogen (secondary N) is 1. The number of hydrogen-bond donors (Lipinski definition) is 1. The van der Waals surface area contributed by atoms with Gasteiger partial charge in [-0.25, -0.2) is 0 Å². The highest BCUT2D eigenvalue weighted by Gasteiger charge is 2.25. The van der Waals surface area contributed by atoms with Crippen LogP contribution in [-0.4, -0.2) is 12.5 Å². The lowest BCUT2D eigenvalue weighted by Crippen LogP contribution is -2.37. The van der Waals surface area contributed by atoms with Crippen LogP contribution in [0.1, 0.15) is 23.6 Å². The van der Waals surface area contributed by atoms with E-state index in [9.17, 15) is 4.79 Å². The summed E-state index contributed by atoms with van der Waals surface area (Å²) < 4.78 is 5.68. The number of carbonyl (C=O) groups is 1. The predicted octanol–water partition coefficient (Wildman–Crippen LogP) is 3.12. The zero-order chi connectivity index (χ0) is 15.4. The Morgan fingerprint density at radius 2 is 1.86 bits per heavy atom. The van der Waals surface area contributed by atoms with Crippen LogP contribution in [0.5, 0.6) is 5.75 Å². The molecule has 0 fully saturated rings. The second-order valence-electron chi connectivity index (χ2n) is 5.71. The summed E-state index contributed by atoms with van der Waals surface area (Å²) in [6, 6.07) is 16.3. The standard InChI is InChI=1S/C19H21NO2/c1-2-14-7-9-15(10-8-14)12-20-19(21)17-11-16-5-3-4-6-18(16)22-13-17/h3-10,17H,2,11-13H2,1H3,(H,20,21). The second-order valence-corrected chi connectivity index (χ2v) is 5.71. The Kier molecular flexibility index (Phi) is 4.42. The summed E-state index contributed by atoms with van der Waals surface area (Å²) >= 11 is 0. The smallest absolute Gasteiger partial charge is 0.227 e. The highest BCUT2D eigenvalue weighted by molar-refractivity contribution is 5.79. The van der Waals surface area contributed by atoms with Gasteiger partial charge < -0.3 is 10.1 Å². The molecule has 3 rings (SSSR count). The van der Waals surface area contributed by atoms with Gasteiger partial charge >= 0.3 is 0 Å². The van der Waals surface area contributed by atoms with E-state index in [4.69, 9.17) is 4.74 Å². The van der Waals surface area contributed by atoms with Crippen molar-refractivity contribution in [3.8, 4) is 5.75 Å². The number of ether oxygens (including phenoxy) is 1. The minimum atomic E-state index is -0.107. The first-order valence-electron chi connectivity index (χ1n) is 7.82. The third kappa shape index (κ3) is 3.30. The van der Waals surface area contributed by atoms with Crippen molar-refractivity contribution in [3.05, 3.63) is 65.2 Å². The maximum atomic E-state index is 12.3. The van der Waals surface area contributed by atoms with Crippen molar-refractivity contribution < 1.29 is 9.53 Å². The molecule has 2 aromatic carbocycles. The SMILES string of the molecule is CCc1ccc(CNC(=O)C2COc3ccccc3C2)cc1. The fraction of sp³-hybridized carbons (Fsp3) is 0.316. The largest absolute Gasteiger partial charge is 0.492 e. The lowest BCUT2D eigenvalue weighted by molar-refractivity contribution is -0.126. The van der Waals surface area contributed by atoms with E-state index in [0.29, 0.717) is 13.2 Å². The lowest BCUT2D eigenvalue weighted by atomic mass is 9.96. The predicted molar refractivity (Wildman–Crippen MR) is 86.8 cm³/mol. The first-order chi connectivity index (χ1) is 10.8. The van der Waals surface area contributed by atoms with Crippen LogP contribution in [0.2, 0.25) is 0 Å². The molecule has 3 heteroatoms. The van der Waals surface area contributed by atoms with Crippen molar-refractivity contribution in [2.45, 2.75) is 26.3 Å². The number of amides is 1. The molecular weight excluding hydrogens is 274 g/mol. The maximum Gasteiger partial charge on any atom is 0.227 e. The van der Waals surface area contributed by atoms with Gasteiger partial charge in [0.25, 0.3) is 0 Å². The molecule has 0 bridgehead atoms. The van der Waals surface area contributed by atoms with E-state index in [-0.39, 0.29) is 11.8 Å². The van der Waals surface area contributed by atoms with Crippen LogP contribution in [0.4, 0.5) is 0 Å². The number of carbonyl (C=O) groups excluding carboxylic acids is 1. The maximum absolute atomic E-state index is 12.3. The van der Waals surface area contributed by atoms with Crippen molar-refractivity contribution in [1.82, 2.24) is 5.32 Å². The zero-order valence-corrected chi connectivity index (χ0v) is 12.8. The first-order valence-corrected chi connectivity index (χ1v) is 7.82. The Balaban J connectivity index is 1.56. The molecule has 0 aliphatic carbocycles. The van der Waals surface area contributed by atoms with E-state index in [2.05, 4.69) is 36.5 Å². The summed E-state index contributed by atoms with van der Waals surface area (Å²) in [6.45, 7) is 3.16. The molecule has 22 heavy (non-hydrogen) atoms. The Bertz CT molecular complexity index is 649. The van der Waals surface area contributed by atoms with Gasteiger partial charge in [-0.05, 0) is 35.6 Å². The summed E-state index contributed by atoms with van der Waals surface area (Å²) in [7, 11) is 0. The van der Waals surface area contributed by atoms with Crippen LogP contribution in [0.25, 0.3) is 0 Å². The second kappa shape index (κ2) is 6.65. The fourth-order valence-electron chi connectivity index (χ4n) is 2.72. The molecule has 0 saturated carbocycles. The topological polar surface area (TPSA) is 38.3 Å². The summed E-state index contributed by atoms with van der Waals surface area (Å²) in [4.78, 5) is 12.3. The summed E-state index contributed by atoms with van der Waals surface area (Å²) in [6.07, 6.45) is 1.78. The van der Waals surface area contributed by atoms with Crippen LogP contribution >= 0.6 is 0 Å². The molecule has 1 aliphatic heterocycles. The summed E-state index contributed by atoms with van der Waals surface area (Å²) in [5, 5.41) is 3.02. The van der Waals surface area contributed by atoms with Gasteiger partial charge in [-0.3, -0.25) is 4.79 Å². The number of benzene rings is 2. The van der Waals surface area contributed by atoms with Crippen LogP contribution in [0.15, 0.2) is 48.5 Å². The number of fused-ring (bicyclic) bond motifs is 1. The third-order valence-corrected chi connectivity index (χ3v) is 4.15. The van der Waals surface area contributed by atoms with Gasteiger partial charge in [-0.15, -0.1) is 0 Å². The van der Waals surface area contributed by atoms with E-state index in [1.54, 1.807) is 0 Å². The Hall–Kier alpha value is -2.29. The van der Waals surface area contributed by atoms with E-state index in [1.807, 2.05) is 24.3 Å². The minimum Gasteiger partial charge on any atom is -0.492 e. The van der Waals surface area contributed by atoms with Crippen LogP contribution < -0.4 is 10.1 Å². The van der Waals surface area contributed by atoms with Gasteiger partial charge in [0.05, 0.1) is 5.92 Å². The van der Waals surface area contributed by atoms with E-state index in [1.165, 1.54) is 5.56 Å². The van der Waals surface area contributed by atoms with Gasteiger partial charge in [0, 0.05) is 6.54 Å². The zero-order valence-electron chi connectivity index (χ0n) is 12.8. The van der Waals surface area contributed by atoms with Gasteiger partial charge in [-0.1, -0.05) is 49.4 Å². The molecule has 1 aliphatic rings. The molecular formula is C19H21NO2. The van der Waals surface area contributed by atoms with Crippen LogP contribution in [0.3, 0.4) is 0 Å². The molecule has 1 unspecified atom stereocenters. The molecule has 0 aromatic heterocycles. The molecule has 1 atom stereocenters. The number of para-hydroxylation sites is 1. The summed E-state index contributed by atoms with van der Waals surface area (Å²) in [5.41, 5.74) is 3.55. The Morgan fingerprint density at radius 3 is 2.64 bits per heavy atom. The fourth-order valence-corrected chi connectivity index (χ4v) is 2.72. The van der Waals surface area contributed by atoms with Crippen LogP contribution in [-0.2, 0) is 24.2 Å². The van der Waals surface area contributed by atoms with Crippen molar-refractivity contribution >= 4 is 5.91 Å². The molecule has 1 N–H and O–H groups in total. The van der Waals surface area contributed by atoms with Gasteiger partial charge in [0.1, 0.15) is 12.4 Å². The van der Waals surface area contributed by atoms with Crippen LogP contribution in [0, 0.1) is 5.92 Å². The lowest BCUT2D eigenvalue weighted by Gasteiger charge is -2.24. The highest BCUT2D eigenvalue weighted by atomic mass is 16.5. The molecule has 0 radical (unpaired) electrons. The Morgan fingerprint density at radius 1 is 1.14 bits per heavy atom. The van der Waals surface area contributed by atoms with E-state index in [0.717, 1.165) is 29.7 Å². The molecule has 0 saturated heterocycles. The number of aryl methyl sites for hydroxylation is 1. The van der Waals surface area contributed by atoms with Crippen molar-refractivity contribution in [1.29, 1.82) is 0 Å². The highest BCUT2D eigenvalue weighted by Crippen LogP contribution is 2.26. The summed E-state index contributed by atoms with van der Waals surface area (Å²) in [5.74, 6) is 0.862. The molecule has 3 nitrogen and oxygen atoms in total. The van der Waals surface area contributed by atoms with Crippen molar-refractivity contribution in [3.63, 3.8) is 0 Å².